The first-order valence-corrected chi connectivity index (χ1v) is 3.91. The Hall–Kier alpha value is -1.29. The molecule has 1 aromatic heterocycles. The second kappa shape index (κ2) is 2.35. The summed E-state index contributed by atoms with van der Waals surface area (Å²) >= 11 is 0. The summed E-state index contributed by atoms with van der Waals surface area (Å²) in [5.74, 6) is 0.725. The zero-order valence-electron chi connectivity index (χ0n) is 7.10. The van der Waals surface area contributed by atoms with Gasteiger partial charge in [-0.25, -0.2) is 9.75 Å². The largest absolute Gasteiger partial charge is 0.286 e. The fourth-order valence-corrected chi connectivity index (χ4v) is 1.28. The first-order chi connectivity index (χ1) is 5.68. The molecule has 2 heterocycles. The second-order valence-corrected chi connectivity index (χ2v) is 3.02. The van der Waals surface area contributed by atoms with Crippen LogP contribution in [-0.2, 0) is 0 Å². The van der Waals surface area contributed by atoms with E-state index >= 15 is 0 Å². The molecule has 1 aliphatic rings. The number of fused-ring (bicyclic) bond motifs is 1. The van der Waals surface area contributed by atoms with Crippen LogP contribution in [0.2, 0.25) is 0 Å². The van der Waals surface area contributed by atoms with E-state index in [2.05, 4.69) is 5.10 Å². The molecule has 64 valence electrons. The Balaban J connectivity index is 2.50. The smallest absolute Gasteiger partial charge is 0.156 e. The summed E-state index contributed by atoms with van der Waals surface area (Å²) in [5, 5.41) is 14.9. The van der Waals surface area contributed by atoms with Gasteiger partial charge >= 0.3 is 0 Å². The van der Waals surface area contributed by atoms with Crippen LogP contribution < -0.4 is 5.06 Å². The van der Waals surface area contributed by atoms with E-state index in [4.69, 9.17) is 0 Å². The fraction of sp³-hybridized carbons (Fsp3) is 0.375. The number of aromatic nitrogens is 2. The molecule has 1 aromatic rings. The van der Waals surface area contributed by atoms with E-state index in [1.54, 1.807) is 4.68 Å². The lowest BCUT2D eigenvalue weighted by molar-refractivity contribution is 0.231. The van der Waals surface area contributed by atoms with Gasteiger partial charge in [0.25, 0.3) is 0 Å². The quantitative estimate of drug-likeness (QED) is 0.629. The highest BCUT2D eigenvalue weighted by atomic mass is 16.5. The molecule has 0 saturated heterocycles. The first-order valence-electron chi connectivity index (χ1n) is 3.91. The molecule has 1 N–H and O–H groups in total. The molecule has 1 unspecified atom stereocenters. The maximum atomic E-state index is 9.56. The Labute approximate surface area is 70.7 Å². The number of aryl methyl sites for hydroxylation is 1. The maximum absolute atomic E-state index is 9.56. The molecule has 0 spiro atoms. The van der Waals surface area contributed by atoms with Crippen molar-refractivity contribution in [3.63, 3.8) is 0 Å². The van der Waals surface area contributed by atoms with Gasteiger partial charge in [0.1, 0.15) is 0 Å². The molecule has 4 nitrogen and oxygen atoms in total. The van der Waals surface area contributed by atoms with E-state index in [9.17, 15) is 5.21 Å². The number of hydroxylamine groups is 1. The van der Waals surface area contributed by atoms with Gasteiger partial charge in [-0.1, -0.05) is 0 Å². The van der Waals surface area contributed by atoms with Crippen LogP contribution in [0, 0.1) is 6.92 Å². The predicted molar refractivity (Wildman–Crippen MR) is 46.0 cm³/mol. The first kappa shape index (κ1) is 7.36. The normalized spacial score (nSPS) is 21.2. The minimum Gasteiger partial charge on any atom is -0.286 e. The average molecular weight is 165 g/mol. The Kier molecular flexibility index (Phi) is 1.44. The zero-order valence-corrected chi connectivity index (χ0v) is 7.10. The van der Waals surface area contributed by atoms with Gasteiger partial charge in [-0.3, -0.25) is 5.21 Å². The van der Waals surface area contributed by atoms with Gasteiger partial charge in [0, 0.05) is 12.3 Å². The summed E-state index contributed by atoms with van der Waals surface area (Å²) in [6, 6.07) is 1.87. The lowest BCUT2D eigenvalue weighted by Crippen LogP contribution is -2.31. The van der Waals surface area contributed by atoms with Crippen molar-refractivity contribution in [1.29, 1.82) is 0 Å². The van der Waals surface area contributed by atoms with Crippen molar-refractivity contribution >= 4 is 12.0 Å². The number of nitrogens with zero attached hydrogens (tertiary/aromatic N) is 3. The van der Waals surface area contributed by atoms with Crippen LogP contribution in [0.15, 0.2) is 12.1 Å². The average Bonchev–Trinajstić information content (AvgIpc) is 2.39. The summed E-state index contributed by atoms with van der Waals surface area (Å²) in [7, 11) is 0. The van der Waals surface area contributed by atoms with E-state index < -0.39 is 0 Å². The Morgan fingerprint density at radius 3 is 3.08 bits per heavy atom. The Morgan fingerprint density at radius 2 is 2.33 bits per heavy atom. The highest BCUT2D eigenvalue weighted by Crippen LogP contribution is 2.21. The topological polar surface area (TPSA) is 41.3 Å². The Morgan fingerprint density at radius 1 is 1.58 bits per heavy atom. The number of anilines is 1. The third kappa shape index (κ3) is 0.921. The van der Waals surface area contributed by atoms with Gasteiger partial charge < -0.3 is 0 Å². The van der Waals surface area contributed by atoms with Crippen molar-refractivity contribution in [2.75, 3.05) is 5.06 Å². The minimum atomic E-state index is 0.0219. The zero-order chi connectivity index (χ0) is 8.72. The highest BCUT2D eigenvalue weighted by Gasteiger charge is 2.18. The monoisotopic (exact) mass is 165 g/mol. The maximum Gasteiger partial charge on any atom is 0.156 e. The third-order valence-corrected chi connectivity index (χ3v) is 1.96. The van der Waals surface area contributed by atoms with Crippen LogP contribution in [0.25, 0.3) is 6.20 Å². The summed E-state index contributed by atoms with van der Waals surface area (Å²) in [5.41, 5.74) is 0.905. The van der Waals surface area contributed by atoms with Crippen molar-refractivity contribution in [2.24, 2.45) is 0 Å². The molecule has 0 saturated carbocycles. The molecule has 0 aliphatic carbocycles. The summed E-state index contributed by atoms with van der Waals surface area (Å²) in [6.45, 7) is 3.82. The summed E-state index contributed by atoms with van der Waals surface area (Å²) in [6.07, 6.45) is 3.75. The van der Waals surface area contributed by atoms with Crippen molar-refractivity contribution in [3.05, 3.63) is 17.8 Å². The SMILES string of the molecule is Cc1cc2n(n1)C=CC(C)N2O. The van der Waals surface area contributed by atoms with Gasteiger partial charge in [-0.15, -0.1) is 0 Å². The van der Waals surface area contributed by atoms with Gasteiger partial charge in [-0.2, -0.15) is 5.10 Å². The molecule has 1 aliphatic heterocycles. The van der Waals surface area contributed by atoms with Gasteiger partial charge in [0.05, 0.1) is 11.7 Å². The van der Waals surface area contributed by atoms with Gasteiger partial charge in [-0.05, 0) is 19.9 Å². The van der Waals surface area contributed by atoms with Crippen LogP contribution in [-0.4, -0.2) is 21.0 Å². The van der Waals surface area contributed by atoms with Gasteiger partial charge in [0.2, 0.25) is 0 Å². The van der Waals surface area contributed by atoms with Gasteiger partial charge in [0.15, 0.2) is 5.82 Å². The van der Waals surface area contributed by atoms with E-state index in [1.807, 2.05) is 32.2 Å². The van der Waals surface area contributed by atoms with Crippen LogP contribution in [0.5, 0.6) is 0 Å². The van der Waals surface area contributed by atoms with Crippen LogP contribution in [0.1, 0.15) is 12.6 Å². The van der Waals surface area contributed by atoms with E-state index in [1.165, 1.54) is 5.06 Å². The summed E-state index contributed by atoms with van der Waals surface area (Å²) in [4.78, 5) is 0. The summed E-state index contributed by atoms with van der Waals surface area (Å²) < 4.78 is 1.66. The van der Waals surface area contributed by atoms with E-state index in [0.29, 0.717) is 0 Å². The molecule has 0 fully saturated rings. The van der Waals surface area contributed by atoms with Crippen LogP contribution in [0.4, 0.5) is 5.82 Å². The molecule has 0 amide bonds. The van der Waals surface area contributed by atoms with Crippen molar-refractivity contribution < 1.29 is 5.21 Å². The van der Waals surface area contributed by atoms with Crippen molar-refractivity contribution in [2.45, 2.75) is 19.9 Å². The lowest BCUT2D eigenvalue weighted by Gasteiger charge is -2.24. The standard InChI is InChI=1S/C8H11N3O/c1-6-5-8-10(9-6)4-3-7(2)11(8)12/h3-5,7,12H,1-2H3. The number of hydrogen-bond donors (Lipinski definition) is 1. The van der Waals surface area contributed by atoms with E-state index in [-0.39, 0.29) is 6.04 Å². The molecule has 12 heavy (non-hydrogen) atoms. The molecule has 2 rings (SSSR count). The third-order valence-electron chi connectivity index (χ3n) is 1.96. The molecule has 0 aromatic carbocycles. The van der Waals surface area contributed by atoms with Crippen molar-refractivity contribution in [3.8, 4) is 0 Å². The lowest BCUT2D eigenvalue weighted by atomic mass is 10.3. The minimum absolute atomic E-state index is 0.0219. The highest BCUT2D eigenvalue weighted by molar-refractivity contribution is 5.50. The Bertz CT molecular complexity index is 329. The fourth-order valence-electron chi connectivity index (χ4n) is 1.28. The van der Waals surface area contributed by atoms with E-state index in [0.717, 1.165) is 11.5 Å². The van der Waals surface area contributed by atoms with Crippen molar-refractivity contribution in [1.82, 2.24) is 9.78 Å². The molecule has 1 atom stereocenters. The number of hydrogen-bond acceptors (Lipinski definition) is 3. The molecular formula is C8H11N3O. The molecule has 4 heteroatoms. The molecule has 0 radical (unpaired) electrons. The van der Waals surface area contributed by atoms with Crippen LogP contribution in [0.3, 0.4) is 0 Å². The predicted octanol–water partition coefficient (Wildman–Crippen LogP) is 1.26. The van der Waals surface area contributed by atoms with Crippen LogP contribution >= 0.6 is 0 Å². The second-order valence-electron chi connectivity index (χ2n) is 3.02. The molecule has 0 bridgehead atoms. The molecular weight excluding hydrogens is 154 g/mol. The number of rotatable bonds is 0.